The van der Waals surface area contributed by atoms with Crippen molar-refractivity contribution in [3.05, 3.63) is 56.4 Å². The molecule has 0 spiro atoms. The van der Waals surface area contributed by atoms with Crippen molar-refractivity contribution >= 4 is 27.3 Å². The number of rotatable bonds is 3. The van der Waals surface area contributed by atoms with Crippen molar-refractivity contribution in [1.29, 1.82) is 0 Å². The van der Waals surface area contributed by atoms with E-state index in [0.717, 1.165) is 9.35 Å². The van der Waals surface area contributed by atoms with Crippen LogP contribution in [0, 0.1) is 5.82 Å². The first-order valence-corrected chi connectivity index (χ1v) is 6.86. The Morgan fingerprint density at radius 1 is 1.41 bits per heavy atom. The molecule has 0 bridgehead atoms. The molecule has 0 fully saturated rings. The molecule has 2 rings (SSSR count). The fourth-order valence-electron chi connectivity index (χ4n) is 1.71. The zero-order chi connectivity index (χ0) is 12.5. The summed E-state index contributed by atoms with van der Waals surface area (Å²) in [5.41, 5.74) is -0.450. The van der Waals surface area contributed by atoms with Gasteiger partial charge in [0.1, 0.15) is 5.82 Å². The molecule has 1 unspecified atom stereocenters. The number of thiophene rings is 1. The quantitative estimate of drug-likeness (QED) is 0.904. The monoisotopic (exact) mass is 314 g/mol. The molecule has 90 valence electrons. The number of halogens is 2. The van der Waals surface area contributed by atoms with E-state index in [4.69, 9.17) is 0 Å². The number of hydrogen-bond donors (Lipinski definition) is 1. The Morgan fingerprint density at radius 3 is 2.76 bits per heavy atom. The van der Waals surface area contributed by atoms with Gasteiger partial charge in [0.25, 0.3) is 0 Å². The minimum absolute atomic E-state index is 0.324. The van der Waals surface area contributed by atoms with Gasteiger partial charge in [0.05, 0.1) is 5.60 Å². The van der Waals surface area contributed by atoms with Crippen molar-refractivity contribution in [2.45, 2.75) is 18.9 Å². The van der Waals surface area contributed by atoms with Crippen LogP contribution in [0.4, 0.5) is 4.39 Å². The van der Waals surface area contributed by atoms with Crippen LogP contribution >= 0.6 is 27.3 Å². The van der Waals surface area contributed by atoms with Gasteiger partial charge in [-0.2, -0.15) is 0 Å². The summed E-state index contributed by atoms with van der Waals surface area (Å²) in [6.07, 6.45) is 0.479. The summed E-state index contributed by atoms with van der Waals surface area (Å²) in [5.74, 6) is -0.324. The lowest BCUT2D eigenvalue weighted by Gasteiger charge is -2.23. The number of hydrogen-bond acceptors (Lipinski definition) is 2. The molecule has 0 aliphatic heterocycles. The van der Waals surface area contributed by atoms with Crippen molar-refractivity contribution < 1.29 is 9.50 Å². The minimum atomic E-state index is -1.05. The molecule has 0 saturated carbocycles. The maximum Gasteiger partial charge on any atom is 0.123 e. The van der Waals surface area contributed by atoms with Crippen molar-refractivity contribution in [1.82, 2.24) is 0 Å². The Hall–Kier alpha value is -0.710. The minimum Gasteiger partial charge on any atom is -0.385 e. The van der Waals surface area contributed by atoms with E-state index in [1.54, 1.807) is 30.4 Å². The van der Waals surface area contributed by atoms with Crippen molar-refractivity contribution in [2.24, 2.45) is 0 Å². The lowest BCUT2D eigenvalue weighted by molar-refractivity contribution is 0.0581. The van der Waals surface area contributed by atoms with Crippen LogP contribution in [0.5, 0.6) is 0 Å². The molecule has 17 heavy (non-hydrogen) atoms. The zero-order valence-electron chi connectivity index (χ0n) is 9.28. The molecule has 2 aromatic rings. The summed E-state index contributed by atoms with van der Waals surface area (Å²) in [5, 5.41) is 12.4. The second kappa shape index (κ2) is 4.88. The van der Waals surface area contributed by atoms with Crippen LogP contribution in [-0.2, 0) is 12.0 Å². The molecule has 1 atom stereocenters. The van der Waals surface area contributed by atoms with Crippen LogP contribution in [0.1, 0.15) is 17.4 Å². The Labute approximate surface area is 112 Å². The van der Waals surface area contributed by atoms with E-state index in [1.165, 1.54) is 12.1 Å². The number of benzene rings is 1. The van der Waals surface area contributed by atoms with Gasteiger partial charge in [0.2, 0.25) is 0 Å². The van der Waals surface area contributed by atoms with Crippen molar-refractivity contribution in [3.8, 4) is 0 Å². The first kappa shape index (κ1) is 12.7. The summed E-state index contributed by atoms with van der Waals surface area (Å²) in [6.45, 7) is 1.70. The molecule has 0 aliphatic carbocycles. The molecule has 1 aromatic heterocycles. The summed E-state index contributed by atoms with van der Waals surface area (Å²) in [4.78, 5) is 1.06. The first-order chi connectivity index (χ1) is 7.97. The lowest BCUT2D eigenvalue weighted by Crippen LogP contribution is -2.23. The SMILES string of the molecule is CC(O)(Cc1cc(Br)cs1)c1cccc(F)c1. The van der Waals surface area contributed by atoms with Gasteiger partial charge < -0.3 is 5.11 Å². The van der Waals surface area contributed by atoms with Gasteiger partial charge in [-0.15, -0.1) is 11.3 Å². The molecular formula is C13H12BrFOS. The molecule has 1 N–H and O–H groups in total. The third kappa shape index (κ3) is 3.15. The molecule has 4 heteroatoms. The number of aliphatic hydroxyl groups is 1. The summed E-state index contributed by atoms with van der Waals surface area (Å²) in [7, 11) is 0. The second-order valence-corrected chi connectivity index (χ2v) is 6.10. The van der Waals surface area contributed by atoms with Crippen LogP contribution in [0.15, 0.2) is 40.2 Å². The van der Waals surface area contributed by atoms with E-state index in [-0.39, 0.29) is 5.82 Å². The van der Waals surface area contributed by atoms with Gasteiger partial charge in [-0.05, 0) is 46.6 Å². The van der Waals surface area contributed by atoms with Gasteiger partial charge in [-0.1, -0.05) is 12.1 Å². The van der Waals surface area contributed by atoms with Gasteiger partial charge >= 0.3 is 0 Å². The Balaban J connectivity index is 2.24. The maximum atomic E-state index is 13.1. The predicted octanol–water partition coefficient (Wildman–Crippen LogP) is 4.10. The maximum absolute atomic E-state index is 13.1. The Bertz CT molecular complexity index is 522. The van der Waals surface area contributed by atoms with Gasteiger partial charge in [-0.3, -0.25) is 0 Å². The highest BCUT2D eigenvalue weighted by Gasteiger charge is 2.24. The largest absolute Gasteiger partial charge is 0.385 e. The fourth-order valence-corrected chi connectivity index (χ4v) is 3.31. The second-order valence-electron chi connectivity index (χ2n) is 4.19. The van der Waals surface area contributed by atoms with Crippen molar-refractivity contribution in [3.63, 3.8) is 0 Å². The molecular weight excluding hydrogens is 303 g/mol. The molecule has 1 nitrogen and oxygen atoms in total. The third-order valence-electron chi connectivity index (χ3n) is 2.59. The van der Waals surface area contributed by atoms with Crippen LogP contribution in [0.3, 0.4) is 0 Å². The molecule has 0 saturated heterocycles. The highest BCUT2D eigenvalue weighted by atomic mass is 79.9. The molecule has 1 heterocycles. The average Bonchev–Trinajstić information content (AvgIpc) is 2.63. The summed E-state index contributed by atoms with van der Waals surface area (Å²) in [6, 6.07) is 8.08. The lowest BCUT2D eigenvalue weighted by atomic mass is 9.92. The smallest absolute Gasteiger partial charge is 0.123 e. The van der Waals surface area contributed by atoms with E-state index >= 15 is 0 Å². The van der Waals surface area contributed by atoms with E-state index in [1.807, 2.05) is 11.4 Å². The topological polar surface area (TPSA) is 20.2 Å². The van der Waals surface area contributed by atoms with Crippen LogP contribution < -0.4 is 0 Å². The average molecular weight is 315 g/mol. The van der Waals surface area contributed by atoms with Crippen LogP contribution in [0.2, 0.25) is 0 Å². The van der Waals surface area contributed by atoms with Crippen molar-refractivity contribution in [2.75, 3.05) is 0 Å². The van der Waals surface area contributed by atoms with Gasteiger partial charge in [-0.25, -0.2) is 4.39 Å². The molecule has 0 aliphatic rings. The van der Waals surface area contributed by atoms with E-state index in [0.29, 0.717) is 12.0 Å². The van der Waals surface area contributed by atoms with E-state index < -0.39 is 5.60 Å². The van der Waals surface area contributed by atoms with E-state index in [2.05, 4.69) is 15.9 Å². The molecule has 0 radical (unpaired) electrons. The molecule has 1 aromatic carbocycles. The zero-order valence-corrected chi connectivity index (χ0v) is 11.7. The Morgan fingerprint density at radius 2 is 2.18 bits per heavy atom. The Kier molecular flexibility index (Phi) is 3.66. The highest BCUT2D eigenvalue weighted by molar-refractivity contribution is 9.10. The van der Waals surface area contributed by atoms with E-state index in [9.17, 15) is 9.50 Å². The van der Waals surface area contributed by atoms with Gasteiger partial charge in [0, 0.05) is 21.2 Å². The highest BCUT2D eigenvalue weighted by Crippen LogP contribution is 2.29. The fraction of sp³-hybridized carbons (Fsp3) is 0.231. The normalized spacial score (nSPS) is 14.6. The summed E-state index contributed by atoms with van der Waals surface area (Å²) < 4.78 is 14.1. The van der Waals surface area contributed by atoms with Gasteiger partial charge in [0.15, 0.2) is 0 Å². The third-order valence-corrected chi connectivity index (χ3v) is 4.28. The molecule has 0 amide bonds. The summed E-state index contributed by atoms with van der Waals surface area (Å²) >= 11 is 4.95. The van der Waals surface area contributed by atoms with Crippen LogP contribution in [-0.4, -0.2) is 5.11 Å². The standard InChI is InChI=1S/C13H12BrFOS/c1-13(16,7-12-6-10(14)8-17-12)9-3-2-4-11(15)5-9/h2-6,8,16H,7H2,1H3. The first-order valence-electron chi connectivity index (χ1n) is 5.19. The van der Waals surface area contributed by atoms with Crippen LogP contribution in [0.25, 0.3) is 0 Å². The predicted molar refractivity (Wildman–Crippen MR) is 71.7 cm³/mol.